The average molecular weight is 203 g/mol. The van der Waals surface area contributed by atoms with Crippen molar-refractivity contribution >= 4 is 5.69 Å². The van der Waals surface area contributed by atoms with Gasteiger partial charge in [0, 0.05) is 18.8 Å². The maximum Gasteiger partial charge on any atom is 0.163 e. The molecule has 1 heterocycles. The van der Waals surface area contributed by atoms with Crippen LogP contribution in [0.25, 0.3) is 0 Å². The minimum absolute atomic E-state index is 0.390. The molecule has 15 heavy (non-hydrogen) atoms. The van der Waals surface area contributed by atoms with Crippen molar-refractivity contribution in [3.63, 3.8) is 0 Å². The number of anilines is 1. The summed E-state index contributed by atoms with van der Waals surface area (Å²) in [6, 6.07) is 6.36. The monoisotopic (exact) mass is 203 g/mol. The summed E-state index contributed by atoms with van der Waals surface area (Å²) in [6.07, 6.45) is 2.73. The van der Waals surface area contributed by atoms with E-state index >= 15 is 0 Å². The predicted octanol–water partition coefficient (Wildman–Crippen LogP) is 2.58. The van der Waals surface area contributed by atoms with Gasteiger partial charge in [-0.3, -0.25) is 0 Å². The largest absolute Gasteiger partial charge is 0.367 e. The van der Waals surface area contributed by atoms with Crippen LogP contribution in [0.2, 0.25) is 0 Å². The highest BCUT2D eigenvalue weighted by atomic mass is 15.2. The van der Waals surface area contributed by atoms with Crippen LogP contribution in [-0.2, 0) is 0 Å². The smallest absolute Gasteiger partial charge is 0.163 e. The molecule has 0 atom stereocenters. The van der Waals surface area contributed by atoms with Gasteiger partial charge in [-0.25, -0.2) is 4.98 Å². The van der Waals surface area contributed by atoms with Crippen molar-refractivity contribution in [2.24, 2.45) is 0 Å². The Morgan fingerprint density at radius 2 is 2.27 bits per heavy atom. The molecule has 0 saturated heterocycles. The molecule has 0 aliphatic carbocycles. The lowest BCUT2D eigenvalue weighted by Crippen LogP contribution is -2.32. The van der Waals surface area contributed by atoms with Crippen LogP contribution in [0.3, 0.4) is 0 Å². The van der Waals surface area contributed by atoms with Gasteiger partial charge in [0.2, 0.25) is 0 Å². The van der Waals surface area contributed by atoms with E-state index in [9.17, 15) is 0 Å². The first-order valence-corrected chi connectivity index (χ1v) is 5.32. The summed E-state index contributed by atoms with van der Waals surface area (Å²) in [5.74, 6) is 0. The molecule has 3 nitrogen and oxygen atoms in total. The van der Waals surface area contributed by atoms with E-state index in [1.807, 2.05) is 12.1 Å². The Bertz CT molecular complexity index is 352. The number of hydrogen-bond donors (Lipinski definition) is 0. The normalized spacial score (nSPS) is 10.1. The van der Waals surface area contributed by atoms with E-state index in [1.165, 1.54) is 0 Å². The summed E-state index contributed by atoms with van der Waals surface area (Å²) in [4.78, 5) is 6.29. The fourth-order valence-corrected chi connectivity index (χ4v) is 1.61. The van der Waals surface area contributed by atoms with E-state index in [4.69, 9.17) is 5.26 Å². The molecule has 0 spiro atoms. The van der Waals surface area contributed by atoms with Crippen LogP contribution in [0.1, 0.15) is 32.9 Å². The SMILES string of the molecule is CCCN(c1cccnc1C#N)C(C)C. The lowest BCUT2D eigenvalue weighted by atomic mass is 10.2. The van der Waals surface area contributed by atoms with Gasteiger partial charge in [-0.15, -0.1) is 0 Å². The maximum atomic E-state index is 8.98. The molecule has 0 aliphatic heterocycles. The molecule has 0 N–H and O–H groups in total. The molecule has 1 rings (SSSR count). The predicted molar refractivity (Wildman–Crippen MR) is 61.7 cm³/mol. The summed E-state index contributed by atoms with van der Waals surface area (Å²) in [5.41, 5.74) is 1.46. The van der Waals surface area contributed by atoms with Gasteiger partial charge < -0.3 is 4.90 Å². The molecular formula is C12H17N3. The van der Waals surface area contributed by atoms with Crippen molar-refractivity contribution in [2.45, 2.75) is 33.2 Å². The van der Waals surface area contributed by atoms with Crippen LogP contribution in [0, 0.1) is 11.3 Å². The fraction of sp³-hybridized carbons (Fsp3) is 0.500. The molecule has 1 aromatic heterocycles. The van der Waals surface area contributed by atoms with Crippen molar-refractivity contribution in [2.75, 3.05) is 11.4 Å². The molecule has 0 unspecified atom stereocenters. The summed E-state index contributed by atoms with van der Waals surface area (Å²) in [6.45, 7) is 7.35. The van der Waals surface area contributed by atoms with Crippen LogP contribution in [0.15, 0.2) is 18.3 Å². The van der Waals surface area contributed by atoms with E-state index < -0.39 is 0 Å². The van der Waals surface area contributed by atoms with Crippen molar-refractivity contribution in [1.82, 2.24) is 4.98 Å². The minimum Gasteiger partial charge on any atom is -0.367 e. The molecule has 0 saturated carbocycles. The zero-order valence-corrected chi connectivity index (χ0v) is 9.57. The van der Waals surface area contributed by atoms with Crippen molar-refractivity contribution in [3.8, 4) is 6.07 Å². The number of nitriles is 1. The standard InChI is InChI=1S/C12H17N3/c1-4-8-15(10(2)3)12-6-5-7-14-11(12)9-13/h5-7,10H,4,8H2,1-3H3. The first kappa shape index (κ1) is 11.5. The second kappa shape index (κ2) is 5.35. The average Bonchev–Trinajstić information content (AvgIpc) is 2.25. The Morgan fingerprint density at radius 3 is 2.80 bits per heavy atom. The number of nitrogens with zero attached hydrogens (tertiary/aromatic N) is 3. The van der Waals surface area contributed by atoms with Gasteiger partial charge in [0.05, 0.1) is 5.69 Å². The lowest BCUT2D eigenvalue weighted by Gasteiger charge is -2.28. The Hall–Kier alpha value is -1.56. The van der Waals surface area contributed by atoms with E-state index in [-0.39, 0.29) is 0 Å². The van der Waals surface area contributed by atoms with Crippen LogP contribution >= 0.6 is 0 Å². The molecule has 1 aromatic rings. The third kappa shape index (κ3) is 2.69. The third-order valence-electron chi connectivity index (χ3n) is 2.29. The van der Waals surface area contributed by atoms with Gasteiger partial charge in [0.1, 0.15) is 6.07 Å². The Balaban J connectivity index is 3.05. The van der Waals surface area contributed by atoms with Crippen LogP contribution < -0.4 is 4.90 Å². The highest BCUT2D eigenvalue weighted by Crippen LogP contribution is 2.20. The minimum atomic E-state index is 0.390. The first-order chi connectivity index (χ1) is 7.20. The molecule has 0 bridgehead atoms. The van der Waals surface area contributed by atoms with E-state index in [1.54, 1.807) is 6.20 Å². The Morgan fingerprint density at radius 1 is 1.53 bits per heavy atom. The molecule has 0 amide bonds. The summed E-state index contributed by atoms with van der Waals surface area (Å²) in [7, 11) is 0. The number of rotatable bonds is 4. The molecular weight excluding hydrogens is 186 g/mol. The molecule has 0 aliphatic rings. The van der Waals surface area contributed by atoms with E-state index in [0.717, 1.165) is 18.7 Å². The summed E-state index contributed by atoms with van der Waals surface area (Å²) in [5, 5.41) is 8.98. The summed E-state index contributed by atoms with van der Waals surface area (Å²) >= 11 is 0. The number of aromatic nitrogens is 1. The molecule has 80 valence electrons. The first-order valence-electron chi connectivity index (χ1n) is 5.32. The zero-order chi connectivity index (χ0) is 11.3. The number of hydrogen-bond acceptors (Lipinski definition) is 3. The van der Waals surface area contributed by atoms with Gasteiger partial charge in [-0.2, -0.15) is 5.26 Å². The van der Waals surface area contributed by atoms with Crippen molar-refractivity contribution in [3.05, 3.63) is 24.0 Å². The third-order valence-corrected chi connectivity index (χ3v) is 2.29. The lowest BCUT2D eigenvalue weighted by molar-refractivity contribution is 0.669. The van der Waals surface area contributed by atoms with Crippen LogP contribution in [-0.4, -0.2) is 17.6 Å². The van der Waals surface area contributed by atoms with E-state index in [2.05, 4.69) is 36.7 Å². The van der Waals surface area contributed by atoms with Crippen LogP contribution in [0.4, 0.5) is 5.69 Å². The molecule has 0 radical (unpaired) electrons. The van der Waals surface area contributed by atoms with Crippen molar-refractivity contribution < 1.29 is 0 Å². The number of pyridine rings is 1. The molecule has 0 fully saturated rings. The van der Waals surface area contributed by atoms with E-state index in [0.29, 0.717) is 11.7 Å². The highest BCUT2D eigenvalue weighted by Gasteiger charge is 2.13. The quantitative estimate of drug-likeness (QED) is 0.755. The fourth-order valence-electron chi connectivity index (χ4n) is 1.61. The second-order valence-corrected chi connectivity index (χ2v) is 3.77. The van der Waals surface area contributed by atoms with Crippen molar-refractivity contribution in [1.29, 1.82) is 5.26 Å². The molecule has 3 heteroatoms. The van der Waals surface area contributed by atoms with Gasteiger partial charge >= 0.3 is 0 Å². The Labute approximate surface area is 91.4 Å². The maximum absolute atomic E-state index is 8.98. The van der Waals surface area contributed by atoms with Gasteiger partial charge in [-0.05, 0) is 32.4 Å². The zero-order valence-electron chi connectivity index (χ0n) is 9.57. The highest BCUT2D eigenvalue weighted by molar-refractivity contribution is 5.56. The topological polar surface area (TPSA) is 39.9 Å². The summed E-state index contributed by atoms with van der Waals surface area (Å²) < 4.78 is 0. The van der Waals surface area contributed by atoms with Gasteiger partial charge in [0.25, 0.3) is 0 Å². The van der Waals surface area contributed by atoms with Crippen LogP contribution in [0.5, 0.6) is 0 Å². The van der Waals surface area contributed by atoms with Gasteiger partial charge in [-0.1, -0.05) is 6.92 Å². The Kier molecular flexibility index (Phi) is 4.11. The second-order valence-electron chi connectivity index (χ2n) is 3.77. The van der Waals surface area contributed by atoms with Gasteiger partial charge in [0.15, 0.2) is 5.69 Å². The molecule has 0 aromatic carbocycles.